The molecule has 0 aromatic carbocycles. The highest BCUT2D eigenvalue weighted by Gasteiger charge is 2.14. The first kappa shape index (κ1) is 14.1. The summed E-state index contributed by atoms with van der Waals surface area (Å²) in [7, 11) is 2.01. The second kappa shape index (κ2) is 6.70. The van der Waals surface area contributed by atoms with Crippen LogP contribution in [-0.4, -0.2) is 36.1 Å². The van der Waals surface area contributed by atoms with Crippen molar-refractivity contribution in [2.24, 2.45) is 11.7 Å². The maximum Gasteiger partial charge on any atom is 0.133 e. The molecule has 0 bridgehead atoms. The first-order valence-electron chi connectivity index (χ1n) is 7.18. The molecule has 1 saturated carbocycles. The summed E-state index contributed by atoms with van der Waals surface area (Å²) in [5.74, 6) is 2.63. The normalized spacial score (nSPS) is 17.4. The summed E-state index contributed by atoms with van der Waals surface area (Å²) < 4.78 is 0. The van der Waals surface area contributed by atoms with E-state index in [1.54, 1.807) is 6.33 Å². The third kappa shape index (κ3) is 4.35. The predicted molar refractivity (Wildman–Crippen MR) is 79.4 cm³/mol. The van der Waals surface area contributed by atoms with E-state index in [1.165, 1.54) is 25.7 Å². The van der Waals surface area contributed by atoms with Crippen molar-refractivity contribution in [2.45, 2.75) is 38.6 Å². The Morgan fingerprint density at radius 3 is 2.84 bits per heavy atom. The lowest BCUT2D eigenvalue weighted by atomic mass is 10.1. The molecule has 0 radical (unpaired) electrons. The Kier molecular flexibility index (Phi) is 4.96. The van der Waals surface area contributed by atoms with Crippen LogP contribution in [0.15, 0.2) is 12.4 Å². The fourth-order valence-electron chi connectivity index (χ4n) is 2.64. The van der Waals surface area contributed by atoms with E-state index >= 15 is 0 Å². The minimum absolute atomic E-state index is 0.134. The van der Waals surface area contributed by atoms with Gasteiger partial charge >= 0.3 is 0 Å². The number of nitrogens with one attached hydrogen (secondary N) is 1. The number of nitrogens with zero attached hydrogens (tertiary/aromatic N) is 3. The molecule has 1 unspecified atom stereocenters. The van der Waals surface area contributed by atoms with Crippen molar-refractivity contribution in [3.63, 3.8) is 0 Å². The molecule has 2 rings (SSSR count). The number of likely N-dealkylation sites (N-methyl/N-ethyl adjacent to an activating group) is 1. The highest BCUT2D eigenvalue weighted by atomic mass is 15.2. The maximum atomic E-state index is 5.81. The van der Waals surface area contributed by atoms with Crippen LogP contribution in [0.25, 0.3) is 0 Å². The van der Waals surface area contributed by atoms with Gasteiger partial charge in [0.05, 0.1) is 0 Å². The molecule has 19 heavy (non-hydrogen) atoms. The molecule has 0 amide bonds. The SMILES string of the molecule is CC(N)CN(C)c1cc(NCC2CCCC2)ncn1. The number of hydrogen-bond donors (Lipinski definition) is 2. The van der Waals surface area contributed by atoms with Gasteiger partial charge < -0.3 is 16.0 Å². The smallest absolute Gasteiger partial charge is 0.133 e. The maximum absolute atomic E-state index is 5.81. The summed E-state index contributed by atoms with van der Waals surface area (Å²) in [5.41, 5.74) is 5.81. The van der Waals surface area contributed by atoms with Gasteiger partial charge in [0.25, 0.3) is 0 Å². The van der Waals surface area contributed by atoms with Gasteiger partial charge in [0.1, 0.15) is 18.0 Å². The summed E-state index contributed by atoms with van der Waals surface area (Å²) >= 11 is 0. The summed E-state index contributed by atoms with van der Waals surface area (Å²) in [6.07, 6.45) is 7.05. The Morgan fingerprint density at radius 1 is 1.42 bits per heavy atom. The van der Waals surface area contributed by atoms with Crippen LogP contribution in [0, 0.1) is 5.92 Å². The Hall–Kier alpha value is -1.36. The van der Waals surface area contributed by atoms with Crippen molar-refractivity contribution in [1.29, 1.82) is 0 Å². The van der Waals surface area contributed by atoms with Gasteiger partial charge in [0.2, 0.25) is 0 Å². The van der Waals surface area contributed by atoms with Crippen molar-refractivity contribution in [2.75, 3.05) is 30.4 Å². The average Bonchev–Trinajstić information content (AvgIpc) is 2.89. The summed E-state index contributed by atoms with van der Waals surface area (Å²) in [5, 5.41) is 3.43. The molecule has 1 heterocycles. The lowest BCUT2D eigenvalue weighted by Gasteiger charge is -2.20. The topological polar surface area (TPSA) is 67.1 Å². The zero-order chi connectivity index (χ0) is 13.7. The number of aromatic nitrogens is 2. The van der Waals surface area contributed by atoms with Gasteiger partial charge in [-0.3, -0.25) is 0 Å². The second-order valence-electron chi connectivity index (χ2n) is 5.65. The molecule has 0 saturated heterocycles. The second-order valence-corrected chi connectivity index (χ2v) is 5.65. The molecule has 1 aromatic rings. The van der Waals surface area contributed by atoms with E-state index in [-0.39, 0.29) is 6.04 Å². The van der Waals surface area contributed by atoms with Crippen molar-refractivity contribution in [1.82, 2.24) is 9.97 Å². The Morgan fingerprint density at radius 2 is 2.16 bits per heavy atom. The highest BCUT2D eigenvalue weighted by molar-refractivity contribution is 5.48. The zero-order valence-corrected chi connectivity index (χ0v) is 12.0. The van der Waals surface area contributed by atoms with E-state index in [4.69, 9.17) is 5.73 Å². The quantitative estimate of drug-likeness (QED) is 0.820. The standard InChI is InChI=1S/C14H25N5/c1-11(15)9-19(2)14-7-13(17-10-18-14)16-8-12-5-3-4-6-12/h7,10-12H,3-6,8-9,15H2,1-2H3,(H,16,17,18). The number of hydrogen-bond acceptors (Lipinski definition) is 5. The predicted octanol–water partition coefficient (Wildman–Crippen LogP) is 1.86. The highest BCUT2D eigenvalue weighted by Crippen LogP contribution is 2.25. The number of anilines is 2. The zero-order valence-electron chi connectivity index (χ0n) is 12.0. The van der Waals surface area contributed by atoms with Gasteiger partial charge in [-0.2, -0.15) is 0 Å². The van der Waals surface area contributed by atoms with Crippen LogP contribution in [0.1, 0.15) is 32.6 Å². The van der Waals surface area contributed by atoms with Crippen LogP contribution >= 0.6 is 0 Å². The molecular formula is C14H25N5. The lowest BCUT2D eigenvalue weighted by Crippen LogP contribution is -2.33. The van der Waals surface area contributed by atoms with Crippen molar-refractivity contribution in [3.8, 4) is 0 Å². The van der Waals surface area contributed by atoms with Gasteiger partial charge in [-0.1, -0.05) is 12.8 Å². The van der Waals surface area contributed by atoms with Gasteiger partial charge in [0.15, 0.2) is 0 Å². The van der Waals surface area contributed by atoms with Gasteiger partial charge in [-0.25, -0.2) is 9.97 Å². The third-order valence-electron chi connectivity index (χ3n) is 3.65. The van der Waals surface area contributed by atoms with E-state index in [2.05, 4.69) is 20.2 Å². The minimum atomic E-state index is 0.134. The van der Waals surface area contributed by atoms with Gasteiger partial charge in [0, 0.05) is 32.2 Å². The number of rotatable bonds is 6. The van der Waals surface area contributed by atoms with E-state index in [0.29, 0.717) is 0 Å². The number of nitrogens with two attached hydrogens (primary N) is 1. The van der Waals surface area contributed by atoms with Crippen LogP contribution in [0.3, 0.4) is 0 Å². The molecule has 1 aliphatic carbocycles. The fourth-order valence-corrected chi connectivity index (χ4v) is 2.64. The van der Waals surface area contributed by atoms with E-state index in [9.17, 15) is 0 Å². The molecule has 5 nitrogen and oxygen atoms in total. The van der Waals surface area contributed by atoms with Crippen LogP contribution < -0.4 is 16.0 Å². The minimum Gasteiger partial charge on any atom is -0.370 e. The molecule has 3 N–H and O–H groups in total. The van der Waals surface area contributed by atoms with Crippen LogP contribution in [-0.2, 0) is 0 Å². The largest absolute Gasteiger partial charge is 0.370 e. The van der Waals surface area contributed by atoms with Crippen LogP contribution in [0.5, 0.6) is 0 Å². The lowest BCUT2D eigenvalue weighted by molar-refractivity contribution is 0.579. The van der Waals surface area contributed by atoms with Crippen LogP contribution in [0.2, 0.25) is 0 Å². The molecule has 1 atom stereocenters. The van der Waals surface area contributed by atoms with E-state index in [1.807, 2.05) is 20.0 Å². The molecule has 1 aromatic heterocycles. The van der Waals surface area contributed by atoms with E-state index in [0.717, 1.165) is 30.6 Å². The van der Waals surface area contributed by atoms with Gasteiger partial charge in [-0.15, -0.1) is 0 Å². The van der Waals surface area contributed by atoms with Gasteiger partial charge in [-0.05, 0) is 25.7 Å². The molecule has 0 spiro atoms. The summed E-state index contributed by atoms with van der Waals surface area (Å²) in [6, 6.07) is 2.13. The average molecular weight is 263 g/mol. The first-order valence-corrected chi connectivity index (χ1v) is 7.18. The molecule has 5 heteroatoms. The van der Waals surface area contributed by atoms with Crippen molar-refractivity contribution in [3.05, 3.63) is 12.4 Å². The van der Waals surface area contributed by atoms with Crippen LogP contribution in [0.4, 0.5) is 11.6 Å². The molecular weight excluding hydrogens is 238 g/mol. The summed E-state index contributed by atoms with van der Waals surface area (Å²) in [4.78, 5) is 10.6. The van der Waals surface area contributed by atoms with E-state index < -0.39 is 0 Å². The first-order chi connectivity index (χ1) is 9.15. The molecule has 1 fully saturated rings. The van der Waals surface area contributed by atoms with Crippen molar-refractivity contribution < 1.29 is 0 Å². The Bertz CT molecular complexity index is 387. The molecule has 1 aliphatic rings. The monoisotopic (exact) mass is 263 g/mol. The molecule has 106 valence electrons. The fraction of sp³-hybridized carbons (Fsp3) is 0.714. The van der Waals surface area contributed by atoms with Crippen molar-refractivity contribution >= 4 is 11.6 Å². The molecule has 0 aliphatic heterocycles. The Balaban J connectivity index is 1.90. The Labute approximate surface area is 115 Å². The summed E-state index contributed by atoms with van der Waals surface area (Å²) in [6.45, 7) is 3.81. The third-order valence-corrected chi connectivity index (χ3v) is 3.65.